The minimum Gasteiger partial charge on any atom is -0.438 e. The molecule has 13 rings (SSSR count). The first-order chi connectivity index (χ1) is 23.3. The van der Waals surface area contributed by atoms with Crippen molar-refractivity contribution < 1.29 is 8.83 Å². The van der Waals surface area contributed by atoms with Crippen LogP contribution in [0.2, 0.25) is 0 Å². The Balaban J connectivity index is 1.15. The van der Waals surface area contributed by atoms with Gasteiger partial charge in [-0.25, -0.2) is 4.98 Å². The van der Waals surface area contributed by atoms with Gasteiger partial charge in [-0.05, 0) is 96.0 Å². The second-order valence-corrected chi connectivity index (χ2v) is 14.2. The molecule has 4 atom stereocenters. The van der Waals surface area contributed by atoms with E-state index in [1.165, 1.54) is 41.5 Å². The van der Waals surface area contributed by atoms with Gasteiger partial charge < -0.3 is 8.83 Å². The van der Waals surface area contributed by atoms with Gasteiger partial charge in [-0.3, -0.25) is 4.90 Å². The molecule has 1 spiro atoms. The SMILES string of the molecule is c1ccc2c(c1)-c1c(N(c3cnc4oc5ccccc5c4c3)c3ccc4c(n3)oc3ccccc34)cccc1C21C2CC3CC2CC31. The molecule has 8 aromatic rings. The van der Waals surface area contributed by atoms with Crippen molar-refractivity contribution in [2.24, 2.45) is 23.7 Å². The summed E-state index contributed by atoms with van der Waals surface area (Å²) in [5.74, 6) is 3.95. The summed E-state index contributed by atoms with van der Waals surface area (Å²) < 4.78 is 12.5. The van der Waals surface area contributed by atoms with E-state index in [0.717, 1.165) is 73.6 Å². The Hall–Kier alpha value is -5.42. The van der Waals surface area contributed by atoms with Crippen molar-refractivity contribution in [3.05, 3.63) is 127 Å². The van der Waals surface area contributed by atoms with Crippen molar-refractivity contribution in [2.75, 3.05) is 4.90 Å². The molecule has 5 nitrogen and oxygen atoms in total. The summed E-state index contributed by atoms with van der Waals surface area (Å²) >= 11 is 0. The Morgan fingerprint density at radius 1 is 0.617 bits per heavy atom. The number of rotatable bonds is 3. The predicted molar refractivity (Wildman–Crippen MR) is 185 cm³/mol. The first kappa shape index (κ1) is 24.8. The van der Waals surface area contributed by atoms with Gasteiger partial charge in [0.1, 0.15) is 17.0 Å². The zero-order valence-corrected chi connectivity index (χ0v) is 25.6. The fourth-order valence-corrected chi connectivity index (χ4v) is 10.9. The number of fused-ring (bicyclic) bond motifs is 9. The third-order valence-corrected chi connectivity index (χ3v) is 12.3. The highest BCUT2D eigenvalue weighted by Crippen LogP contribution is 2.77. The fourth-order valence-electron chi connectivity index (χ4n) is 10.9. The van der Waals surface area contributed by atoms with Gasteiger partial charge >= 0.3 is 0 Å². The largest absolute Gasteiger partial charge is 0.438 e. The molecular weight excluding hydrogens is 578 g/mol. The average Bonchev–Trinajstić information content (AvgIpc) is 3.98. The van der Waals surface area contributed by atoms with E-state index in [4.69, 9.17) is 18.8 Å². The Kier molecular flexibility index (Phi) is 4.47. The molecule has 0 saturated heterocycles. The average molecular weight is 608 g/mol. The summed E-state index contributed by atoms with van der Waals surface area (Å²) in [4.78, 5) is 12.4. The highest BCUT2D eigenvalue weighted by atomic mass is 16.3. The lowest BCUT2D eigenvalue weighted by Crippen LogP contribution is -2.34. The fraction of sp³-hybridized carbons (Fsp3) is 0.190. The van der Waals surface area contributed by atoms with E-state index in [9.17, 15) is 0 Å². The third kappa shape index (κ3) is 2.93. The van der Waals surface area contributed by atoms with Gasteiger partial charge in [0.25, 0.3) is 0 Å². The molecule has 4 saturated carbocycles. The molecule has 0 radical (unpaired) electrons. The van der Waals surface area contributed by atoms with Gasteiger partial charge in [0.05, 0.1) is 23.0 Å². The smallest absolute Gasteiger partial charge is 0.229 e. The van der Waals surface area contributed by atoms with Gasteiger partial charge in [-0.15, -0.1) is 0 Å². The van der Waals surface area contributed by atoms with Gasteiger partial charge in [0.2, 0.25) is 11.4 Å². The molecule has 4 fully saturated rings. The Labute approximate surface area is 270 Å². The quantitative estimate of drug-likeness (QED) is 0.200. The molecule has 4 heterocycles. The van der Waals surface area contributed by atoms with Crippen molar-refractivity contribution >= 4 is 61.3 Å². The van der Waals surface area contributed by atoms with Crippen molar-refractivity contribution in [3.8, 4) is 11.1 Å². The first-order valence-electron chi connectivity index (χ1n) is 16.9. The topological polar surface area (TPSA) is 55.3 Å². The van der Waals surface area contributed by atoms with Crippen molar-refractivity contribution in [3.63, 3.8) is 0 Å². The minimum atomic E-state index is 0.111. The van der Waals surface area contributed by atoms with Crippen LogP contribution in [0.5, 0.6) is 0 Å². The van der Waals surface area contributed by atoms with Crippen molar-refractivity contribution in [2.45, 2.75) is 24.7 Å². The molecule has 4 unspecified atom stereocenters. The predicted octanol–water partition coefficient (Wildman–Crippen LogP) is 10.7. The zero-order chi connectivity index (χ0) is 30.4. The van der Waals surface area contributed by atoms with Crippen LogP contribution in [0, 0.1) is 23.7 Å². The minimum absolute atomic E-state index is 0.111. The van der Waals surface area contributed by atoms with Crippen LogP contribution < -0.4 is 4.90 Å². The molecule has 5 aliphatic carbocycles. The summed E-state index contributed by atoms with van der Waals surface area (Å²) in [5, 5.41) is 4.14. The molecule has 4 aromatic carbocycles. The molecule has 0 amide bonds. The van der Waals surface area contributed by atoms with Gasteiger partial charge in [-0.2, -0.15) is 4.98 Å². The van der Waals surface area contributed by atoms with Crippen LogP contribution in [0.1, 0.15) is 30.4 Å². The number of aromatic nitrogens is 2. The summed E-state index contributed by atoms with van der Waals surface area (Å²) in [7, 11) is 0. The second kappa shape index (κ2) is 8.48. The van der Waals surface area contributed by atoms with Crippen LogP contribution in [0.4, 0.5) is 17.2 Å². The van der Waals surface area contributed by atoms with E-state index in [2.05, 4.69) is 83.8 Å². The number of pyridine rings is 2. The Morgan fingerprint density at radius 3 is 2.13 bits per heavy atom. The summed E-state index contributed by atoms with van der Waals surface area (Å²) in [6.07, 6.45) is 6.09. The van der Waals surface area contributed by atoms with Crippen LogP contribution in [0.15, 0.2) is 124 Å². The standard InChI is InChI=1S/C42H29N3O2/c1-4-11-31-29(10-1)39-32(42(31)33-19-23-18-24(33)20-34(23)42)12-7-13-35(39)45(25-21-30-27-9-3-6-15-37(27)46-40(30)43-22-25)38-17-16-28-26-8-2-5-14-36(26)47-41(28)44-38/h1-17,21-24,33-34H,18-20H2. The molecule has 4 bridgehead atoms. The van der Waals surface area contributed by atoms with E-state index >= 15 is 0 Å². The summed E-state index contributed by atoms with van der Waals surface area (Å²) in [6, 6.07) is 39.1. The molecule has 5 heteroatoms. The molecule has 4 aromatic heterocycles. The molecular formula is C42H29N3O2. The number of hydrogen-bond donors (Lipinski definition) is 0. The van der Waals surface area contributed by atoms with E-state index in [1.54, 1.807) is 0 Å². The Morgan fingerprint density at radius 2 is 1.32 bits per heavy atom. The molecule has 224 valence electrons. The van der Waals surface area contributed by atoms with Crippen molar-refractivity contribution in [1.29, 1.82) is 0 Å². The second-order valence-electron chi connectivity index (χ2n) is 14.2. The lowest BCUT2D eigenvalue weighted by Gasteiger charge is -2.37. The summed E-state index contributed by atoms with van der Waals surface area (Å²) in [6.45, 7) is 0. The highest BCUT2D eigenvalue weighted by Gasteiger charge is 2.71. The number of benzene rings is 4. The normalized spacial score (nSPS) is 24.9. The summed E-state index contributed by atoms with van der Waals surface area (Å²) in [5.41, 5.74) is 10.9. The van der Waals surface area contributed by atoms with E-state index in [-0.39, 0.29) is 5.41 Å². The van der Waals surface area contributed by atoms with Crippen LogP contribution in [0.3, 0.4) is 0 Å². The third-order valence-electron chi connectivity index (χ3n) is 12.3. The number of para-hydroxylation sites is 2. The number of furan rings is 2. The molecule has 0 aliphatic heterocycles. The number of nitrogens with zero attached hydrogens (tertiary/aromatic N) is 3. The van der Waals surface area contributed by atoms with Crippen LogP contribution in [0.25, 0.3) is 55.3 Å². The van der Waals surface area contributed by atoms with E-state index in [1.807, 2.05) is 36.5 Å². The molecule has 47 heavy (non-hydrogen) atoms. The maximum Gasteiger partial charge on any atom is 0.229 e. The molecule has 5 aliphatic rings. The lowest BCUT2D eigenvalue weighted by molar-refractivity contribution is 0.307. The zero-order valence-electron chi connectivity index (χ0n) is 25.6. The lowest BCUT2D eigenvalue weighted by atomic mass is 9.66. The van der Waals surface area contributed by atoms with Gasteiger partial charge in [-0.1, -0.05) is 72.8 Å². The maximum atomic E-state index is 6.34. The van der Waals surface area contributed by atoms with Gasteiger partial charge in [0, 0.05) is 27.1 Å². The molecule has 0 N–H and O–H groups in total. The van der Waals surface area contributed by atoms with Crippen LogP contribution in [-0.4, -0.2) is 9.97 Å². The van der Waals surface area contributed by atoms with Crippen molar-refractivity contribution in [1.82, 2.24) is 9.97 Å². The van der Waals surface area contributed by atoms with Crippen LogP contribution in [-0.2, 0) is 5.41 Å². The Bertz CT molecular complexity index is 2620. The van der Waals surface area contributed by atoms with E-state index < -0.39 is 0 Å². The highest BCUT2D eigenvalue weighted by molar-refractivity contribution is 6.07. The maximum absolute atomic E-state index is 6.34. The monoisotopic (exact) mass is 607 g/mol. The first-order valence-corrected chi connectivity index (χ1v) is 16.9. The number of anilines is 3. The number of hydrogen-bond acceptors (Lipinski definition) is 5. The van der Waals surface area contributed by atoms with Crippen LogP contribution >= 0.6 is 0 Å². The van der Waals surface area contributed by atoms with E-state index in [0.29, 0.717) is 11.4 Å². The van der Waals surface area contributed by atoms with Gasteiger partial charge in [0.15, 0.2) is 0 Å².